The van der Waals surface area contributed by atoms with Crippen LogP contribution >= 0.6 is 11.6 Å². The molecule has 168 valence electrons. The number of nitrogens with zero attached hydrogens (tertiary/aromatic N) is 2. The molecule has 0 unspecified atom stereocenters. The Hall–Kier alpha value is -3.57. The lowest BCUT2D eigenvalue weighted by Crippen LogP contribution is -2.36. The van der Waals surface area contributed by atoms with Gasteiger partial charge in [0.1, 0.15) is 0 Å². The Labute approximate surface area is 191 Å². The standard InChI is InChI=1S/C23H23ClN2O6/c1-15-11-18(6-7-19(15)24)26(10-4-9-25)22(28)13-32-23(29)14-31-20-8-5-17(16(2)27)12-21(20)30-3/h5-8,11-12H,4,10,13-14H2,1-3H3. The zero-order chi connectivity index (χ0) is 23.7. The number of methoxy groups -OCH3 is 1. The molecule has 2 aromatic rings. The van der Waals surface area contributed by atoms with Crippen LogP contribution in [0, 0.1) is 18.3 Å². The van der Waals surface area contributed by atoms with Gasteiger partial charge in [0.2, 0.25) is 0 Å². The van der Waals surface area contributed by atoms with Crippen molar-refractivity contribution in [1.82, 2.24) is 0 Å². The highest BCUT2D eigenvalue weighted by molar-refractivity contribution is 6.31. The molecule has 0 N–H and O–H groups in total. The number of ether oxygens (including phenoxy) is 3. The van der Waals surface area contributed by atoms with Gasteiger partial charge < -0.3 is 19.1 Å². The molecule has 8 nitrogen and oxygen atoms in total. The van der Waals surface area contributed by atoms with Crippen LogP contribution in [0.25, 0.3) is 0 Å². The third-order valence-electron chi connectivity index (χ3n) is 4.47. The van der Waals surface area contributed by atoms with Gasteiger partial charge in [-0.1, -0.05) is 11.6 Å². The topological polar surface area (TPSA) is 106 Å². The predicted octanol–water partition coefficient (Wildman–Crippen LogP) is 3.73. The zero-order valence-electron chi connectivity index (χ0n) is 18.0. The molecule has 2 rings (SSSR count). The lowest BCUT2D eigenvalue weighted by molar-refractivity contribution is -0.149. The molecular formula is C23H23ClN2O6. The van der Waals surface area contributed by atoms with Gasteiger partial charge in [-0.15, -0.1) is 0 Å². The molecule has 0 spiro atoms. The number of halogens is 1. The van der Waals surface area contributed by atoms with E-state index in [0.29, 0.717) is 22.0 Å². The number of carbonyl (C=O) groups is 3. The summed E-state index contributed by atoms with van der Waals surface area (Å²) >= 11 is 6.04. The van der Waals surface area contributed by atoms with Crippen molar-refractivity contribution in [2.75, 3.05) is 31.8 Å². The number of ketones is 1. The molecule has 0 saturated carbocycles. The van der Waals surface area contributed by atoms with Crippen LogP contribution in [-0.2, 0) is 14.3 Å². The number of rotatable bonds is 10. The van der Waals surface area contributed by atoms with E-state index < -0.39 is 25.1 Å². The minimum atomic E-state index is -0.761. The molecule has 0 heterocycles. The van der Waals surface area contributed by atoms with E-state index in [2.05, 4.69) is 0 Å². The van der Waals surface area contributed by atoms with E-state index in [-0.39, 0.29) is 24.5 Å². The molecule has 0 saturated heterocycles. The fraction of sp³-hybridized carbons (Fsp3) is 0.304. The molecule has 0 aromatic heterocycles. The normalized spacial score (nSPS) is 10.1. The van der Waals surface area contributed by atoms with E-state index in [1.807, 2.05) is 6.07 Å². The fourth-order valence-electron chi connectivity index (χ4n) is 2.76. The monoisotopic (exact) mass is 458 g/mol. The van der Waals surface area contributed by atoms with Crippen LogP contribution in [0.3, 0.4) is 0 Å². The summed E-state index contributed by atoms with van der Waals surface area (Å²) in [6.45, 7) is 2.39. The van der Waals surface area contributed by atoms with Crippen LogP contribution in [0.1, 0.15) is 29.3 Å². The number of esters is 1. The first kappa shape index (κ1) is 24.7. The van der Waals surface area contributed by atoms with Gasteiger partial charge >= 0.3 is 5.97 Å². The number of nitriles is 1. The fourth-order valence-corrected chi connectivity index (χ4v) is 2.88. The number of anilines is 1. The Kier molecular flexibility index (Phi) is 9.05. The first-order valence-electron chi connectivity index (χ1n) is 9.67. The van der Waals surface area contributed by atoms with Crippen LogP contribution < -0.4 is 14.4 Å². The summed E-state index contributed by atoms with van der Waals surface area (Å²) in [7, 11) is 1.41. The average molecular weight is 459 g/mol. The Morgan fingerprint density at radius 2 is 1.84 bits per heavy atom. The van der Waals surface area contributed by atoms with E-state index in [1.54, 1.807) is 31.2 Å². The van der Waals surface area contributed by atoms with Crippen LogP contribution in [-0.4, -0.2) is 44.5 Å². The largest absolute Gasteiger partial charge is 0.493 e. The van der Waals surface area contributed by atoms with Crippen molar-refractivity contribution in [2.45, 2.75) is 20.3 Å². The summed E-state index contributed by atoms with van der Waals surface area (Å²) in [6, 6.07) is 11.6. The molecule has 2 aromatic carbocycles. The first-order chi connectivity index (χ1) is 15.3. The van der Waals surface area contributed by atoms with Gasteiger partial charge in [0.25, 0.3) is 5.91 Å². The summed E-state index contributed by atoms with van der Waals surface area (Å²) in [6.07, 6.45) is 0.112. The van der Waals surface area contributed by atoms with Crippen LogP contribution in [0.2, 0.25) is 5.02 Å². The molecule has 9 heteroatoms. The summed E-state index contributed by atoms with van der Waals surface area (Å²) in [5.41, 5.74) is 1.76. The van der Waals surface area contributed by atoms with Gasteiger partial charge in [0.15, 0.2) is 30.5 Å². The summed E-state index contributed by atoms with van der Waals surface area (Å²) in [5, 5.41) is 9.44. The molecule has 0 fully saturated rings. The van der Waals surface area contributed by atoms with Gasteiger partial charge in [-0.2, -0.15) is 5.26 Å². The summed E-state index contributed by atoms with van der Waals surface area (Å²) < 4.78 is 15.6. The number of aryl methyl sites for hydroxylation is 1. The molecule has 0 atom stereocenters. The highest BCUT2D eigenvalue weighted by Crippen LogP contribution is 2.28. The predicted molar refractivity (Wildman–Crippen MR) is 118 cm³/mol. The smallest absolute Gasteiger partial charge is 0.344 e. The van der Waals surface area contributed by atoms with Crippen molar-refractivity contribution in [3.8, 4) is 17.6 Å². The molecule has 0 aliphatic rings. The maximum absolute atomic E-state index is 12.6. The Bertz CT molecular complexity index is 1050. The van der Waals surface area contributed by atoms with Crippen LogP contribution in [0.4, 0.5) is 5.69 Å². The Balaban J connectivity index is 1.98. The lowest BCUT2D eigenvalue weighted by atomic mass is 10.1. The number of hydrogen-bond acceptors (Lipinski definition) is 7. The third kappa shape index (κ3) is 6.72. The van der Waals surface area contributed by atoms with E-state index in [1.165, 1.54) is 31.1 Å². The van der Waals surface area contributed by atoms with Crippen molar-refractivity contribution < 1.29 is 28.6 Å². The molecule has 1 amide bonds. The highest BCUT2D eigenvalue weighted by Gasteiger charge is 2.19. The van der Waals surface area contributed by atoms with Gasteiger partial charge in [-0.25, -0.2) is 4.79 Å². The lowest BCUT2D eigenvalue weighted by Gasteiger charge is -2.22. The van der Waals surface area contributed by atoms with Gasteiger partial charge in [-0.3, -0.25) is 9.59 Å². The van der Waals surface area contributed by atoms with Gasteiger partial charge in [-0.05, 0) is 55.8 Å². The highest BCUT2D eigenvalue weighted by atomic mass is 35.5. The molecule has 0 bridgehead atoms. The van der Waals surface area contributed by atoms with Crippen molar-refractivity contribution in [3.63, 3.8) is 0 Å². The number of hydrogen-bond donors (Lipinski definition) is 0. The van der Waals surface area contributed by atoms with E-state index >= 15 is 0 Å². The quantitative estimate of drug-likeness (QED) is 0.394. The molecule has 0 aliphatic carbocycles. The minimum absolute atomic E-state index is 0.112. The Morgan fingerprint density at radius 1 is 1.09 bits per heavy atom. The minimum Gasteiger partial charge on any atom is -0.493 e. The summed E-state index contributed by atoms with van der Waals surface area (Å²) in [4.78, 5) is 37.6. The van der Waals surface area contributed by atoms with Crippen molar-refractivity contribution in [2.24, 2.45) is 0 Å². The first-order valence-corrected chi connectivity index (χ1v) is 10.1. The number of carbonyl (C=O) groups excluding carboxylic acids is 3. The van der Waals surface area contributed by atoms with E-state index in [4.69, 9.17) is 31.1 Å². The number of Topliss-reactive ketones (excluding diaryl/α,β-unsaturated/α-hetero) is 1. The molecule has 0 aliphatic heterocycles. The van der Waals surface area contributed by atoms with Crippen molar-refractivity contribution in [1.29, 1.82) is 5.26 Å². The second kappa shape index (κ2) is 11.7. The number of benzene rings is 2. The zero-order valence-corrected chi connectivity index (χ0v) is 18.8. The second-order valence-corrected chi connectivity index (χ2v) is 7.17. The molecular weight excluding hydrogens is 436 g/mol. The van der Waals surface area contributed by atoms with E-state index in [0.717, 1.165) is 5.56 Å². The Morgan fingerprint density at radius 3 is 2.47 bits per heavy atom. The van der Waals surface area contributed by atoms with Crippen LogP contribution in [0.15, 0.2) is 36.4 Å². The summed E-state index contributed by atoms with van der Waals surface area (Å²) in [5.74, 6) is -0.831. The van der Waals surface area contributed by atoms with Crippen LogP contribution in [0.5, 0.6) is 11.5 Å². The van der Waals surface area contributed by atoms with Gasteiger partial charge in [0.05, 0.1) is 19.6 Å². The van der Waals surface area contributed by atoms with Gasteiger partial charge in [0, 0.05) is 22.8 Å². The maximum atomic E-state index is 12.6. The average Bonchev–Trinajstić information content (AvgIpc) is 2.78. The third-order valence-corrected chi connectivity index (χ3v) is 4.90. The molecule has 32 heavy (non-hydrogen) atoms. The van der Waals surface area contributed by atoms with E-state index in [9.17, 15) is 14.4 Å². The van der Waals surface area contributed by atoms with Crippen molar-refractivity contribution in [3.05, 3.63) is 52.5 Å². The molecule has 0 radical (unpaired) electrons. The second-order valence-electron chi connectivity index (χ2n) is 6.76. The maximum Gasteiger partial charge on any atom is 0.344 e. The number of amides is 1. The SMILES string of the molecule is COc1cc(C(C)=O)ccc1OCC(=O)OCC(=O)N(CCC#N)c1ccc(Cl)c(C)c1. The van der Waals surface area contributed by atoms with Crippen molar-refractivity contribution >= 4 is 34.9 Å².